The first-order valence-electron chi connectivity index (χ1n) is 7.93. The van der Waals surface area contributed by atoms with E-state index in [1.165, 1.54) is 17.4 Å². The molecule has 0 unspecified atom stereocenters. The molecule has 1 fully saturated rings. The summed E-state index contributed by atoms with van der Waals surface area (Å²) in [5.41, 5.74) is 0.943. The van der Waals surface area contributed by atoms with Crippen molar-refractivity contribution in [3.05, 3.63) is 39.8 Å². The highest BCUT2D eigenvalue weighted by Gasteiger charge is 2.26. The Balaban J connectivity index is 1.65. The van der Waals surface area contributed by atoms with Crippen LogP contribution in [0.2, 0.25) is 0 Å². The molecule has 0 saturated carbocycles. The van der Waals surface area contributed by atoms with Crippen molar-refractivity contribution in [1.82, 2.24) is 19.6 Å². The number of hydrogen-bond acceptors (Lipinski definition) is 4. The number of amides is 2. The van der Waals surface area contributed by atoms with E-state index in [1.54, 1.807) is 9.80 Å². The lowest BCUT2D eigenvalue weighted by Crippen LogP contribution is -2.37. The van der Waals surface area contributed by atoms with Gasteiger partial charge in [0.2, 0.25) is 0 Å². The van der Waals surface area contributed by atoms with E-state index in [4.69, 9.17) is 0 Å². The van der Waals surface area contributed by atoms with Crippen molar-refractivity contribution in [3.63, 3.8) is 0 Å². The Labute approximate surface area is 147 Å². The normalized spacial score (nSPS) is 15.5. The number of aromatic nitrogens is 2. The number of nitrogens with zero attached hydrogens (tertiary/aromatic N) is 4. The Bertz CT molecular complexity index is 774. The first-order chi connectivity index (χ1) is 12.0. The second kappa shape index (κ2) is 7.30. The van der Waals surface area contributed by atoms with Gasteiger partial charge in [0.15, 0.2) is 5.69 Å². The zero-order valence-corrected chi connectivity index (χ0v) is 14.5. The molecule has 2 aromatic heterocycles. The number of hydrogen-bond donors (Lipinski definition) is 0. The lowest BCUT2D eigenvalue weighted by atomic mass is 10.2. The van der Waals surface area contributed by atoms with E-state index in [2.05, 4.69) is 5.10 Å². The first-order valence-corrected chi connectivity index (χ1v) is 8.81. The zero-order chi connectivity index (χ0) is 18.0. The summed E-state index contributed by atoms with van der Waals surface area (Å²) in [5.74, 6) is -0.412. The number of halogens is 2. The zero-order valence-electron chi connectivity index (χ0n) is 13.7. The fourth-order valence-corrected chi connectivity index (χ4v) is 3.67. The molecular weight excluding hydrogens is 350 g/mol. The highest BCUT2D eigenvalue weighted by molar-refractivity contribution is 7.12. The van der Waals surface area contributed by atoms with Gasteiger partial charge in [0.25, 0.3) is 11.8 Å². The molecule has 6 nitrogen and oxygen atoms in total. The molecule has 1 saturated heterocycles. The molecule has 3 rings (SSSR count). The molecule has 0 bridgehead atoms. The number of carbonyl (C=O) groups is 2. The minimum absolute atomic E-state index is 0.00539. The van der Waals surface area contributed by atoms with Crippen LogP contribution in [0.15, 0.2) is 23.7 Å². The molecule has 0 radical (unpaired) electrons. The molecule has 2 aromatic rings. The molecule has 2 amide bonds. The van der Waals surface area contributed by atoms with Gasteiger partial charge >= 0.3 is 6.55 Å². The highest BCUT2D eigenvalue weighted by atomic mass is 32.1. The van der Waals surface area contributed by atoms with E-state index in [1.807, 2.05) is 18.4 Å². The molecule has 1 aliphatic heterocycles. The Morgan fingerprint density at radius 2 is 1.80 bits per heavy atom. The lowest BCUT2D eigenvalue weighted by molar-refractivity contribution is 0.0550. The second-order valence-corrected chi connectivity index (χ2v) is 6.75. The Kier molecular flexibility index (Phi) is 5.12. The molecule has 25 heavy (non-hydrogen) atoms. The van der Waals surface area contributed by atoms with Crippen LogP contribution in [0.1, 0.15) is 38.7 Å². The maximum absolute atomic E-state index is 12.6. The van der Waals surface area contributed by atoms with E-state index in [-0.39, 0.29) is 17.5 Å². The second-order valence-electron chi connectivity index (χ2n) is 5.83. The van der Waals surface area contributed by atoms with Gasteiger partial charge in [0.05, 0.1) is 4.88 Å². The van der Waals surface area contributed by atoms with Crippen LogP contribution in [-0.2, 0) is 0 Å². The van der Waals surface area contributed by atoms with E-state index < -0.39 is 6.55 Å². The van der Waals surface area contributed by atoms with Gasteiger partial charge in [0, 0.05) is 32.4 Å². The van der Waals surface area contributed by atoms with Crippen LogP contribution in [0.4, 0.5) is 8.78 Å². The van der Waals surface area contributed by atoms with E-state index in [0.29, 0.717) is 37.3 Å². The van der Waals surface area contributed by atoms with Crippen molar-refractivity contribution in [2.75, 3.05) is 26.2 Å². The molecule has 0 spiro atoms. The van der Waals surface area contributed by atoms with Crippen LogP contribution in [0, 0.1) is 6.92 Å². The topological polar surface area (TPSA) is 58.4 Å². The Morgan fingerprint density at radius 3 is 2.36 bits per heavy atom. The summed E-state index contributed by atoms with van der Waals surface area (Å²) in [5, 5.41) is 5.50. The number of alkyl halides is 2. The van der Waals surface area contributed by atoms with Gasteiger partial charge < -0.3 is 9.80 Å². The van der Waals surface area contributed by atoms with Gasteiger partial charge in [-0.2, -0.15) is 13.9 Å². The average molecular weight is 368 g/mol. The Hall–Kier alpha value is -2.29. The summed E-state index contributed by atoms with van der Waals surface area (Å²) < 4.78 is 25.6. The third-order valence-corrected chi connectivity index (χ3v) is 5.16. The van der Waals surface area contributed by atoms with Gasteiger partial charge in [-0.3, -0.25) is 9.59 Å². The van der Waals surface area contributed by atoms with Gasteiger partial charge in [0.1, 0.15) is 0 Å². The maximum Gasteiger partial charge on any atom is 0.333 e. The van der Waals surface area contributed by atoms with Crippen molar-refractivity contribution in [3.8, 4) is 0 Å². The molecule has 134 valence electrons. The maximum atomic E-state index is 12.6. The van der Waals surface area contributed by atoms with Gasteiger partial charge in [-0.25, -0.2) is 4.68 Å². The van der Waals surface area contributed by atoms with Crippen molar-refractivity contribution >= 4 is 23.2 Å². The fraction of sp³-hybridized carbons (Fsp3) is 0.438. The predicted octanol–water partition coefficient (Wildman–Crippen LogP) is 2.64. The number of aryl methyl sites for hydroxylation is 1. The minimum Gasteiger partial charge on any atom is -0.336 e. The van der Waals surface area contributed by atoms with Gasteiger partial charge in [-0.1, -0.05) is 0 Å². The molecule has 0 N–H and O–H groups in total. The monoisotopic (exact) mass is 368 g/mol. The molecule has 1 aliphatic rings. The van der Waals surface area contributed by atoms with Crippen LogP contribution in [0.25, 0.3) is 0 Å². The predicted molar refractivity (Wildman–Crippen MR) is 89.0 cm³/mol. The van der Waals surface area contributed by atoms with Crippen LogP contribution in [-0.4, -0.2) is 57.6 Å². The van der Waals surface area contributed by atoms with Crippen LogP contribution in [0.5, 0.6) is 0 Å². The lowest BCUT2D eigenvalue weighted by Gasteiger charge is -2.21. The third kappa shape index (κ3) is 3.71. The Morgan fingerprint density at radius 1 is 1.12 bits per heavy atom. The number of rotatable bonds is 3. The molecule has 9 heteroatoms. The summed E-state index contributed by atoms with van der Waals surface area (Å²) in [6.07, 6.45) is 1.72. The molecule has 0 aliphatic carbocycles. The summed E-state index contributed by atoms with van der Waals surface area (Å²) in [6, 6.07) is 3.20. The van der Waals surface area contributed by atoms with Crippen molar-refractivity contribution in [2.45, 2.75) is 19.9 Å². The molecule has 0 atom stereocenters. The van der Waals surface area contributed by atoms with Crippen molar-refractivity contribution in [2.24, 2.45) is 0 Å². The minimum atomic E-state index is -2.77. The molecular formula is C16H18F2N4O2S. The van der Waals surface area contributed by atoms with Crippen LogP contribution in [0.3, 0.4) is 0 Å². The first kappa shape index (κ1) is 17.5. The van der Waals surface area contributed by atoms with Gasteiger partial charge in [-0.05, 0) is 36.4 Å². The van der Waals surface area contributed by atoms with Crippen molar-refractivity contribution in [1.29, 1.82) is 0 Å². The summed E-state index contributed by atoms with van der Waals surface area (Å²) >= 11 is 1.41. The molecule has 0 aromatic carbocycles. The highest BCUT2D eigenvalue weighted by Crippen LogP contribution is 2.19. The summed E-state index contributed by atoms with van der Waals surface area (Å²) in [6.45, 7) is 0.928. The average Bonchev–Trinajstić information content (AvgIpc) is 3.17. The smallest absolute Gasteiger partial charge is 0.333 e. The standard InChI is InChI=1S/C16H18F2N4O2S/c1-11-4-10-25-13(11)15(24)21-6-2-5-20(8-9-21)14(23)12-3-7-22(19-12)16(17)18/h3-4,7,10,16H,2,5-6,8-9H2,1H3. The van der Waals surface area contributed by atoms with Crippen LogP contribution < -0.4 is 0 Å². The third-order valence-electron chi connectivity index (χ3n) is 4.15. The molecule has 3 heterocycles. The fourth-order valence-electron chi connectivity index (χ4n) is 2.78. The van der Waals surface area contributed by atoms with E-state index in [9.17, 15) is 18.4 Å². The van der Waals surface area contributed by atoms with Gasteiger partial charge in [-0.15, -0.1) is 11.3 Å². The van der Waals surface area contributed by atoms with E-state index >= 15 is 0 Å². The van der Waals surface area contributed by atoms with Crippen LogP contribution >= 0.6 is 11.3 Å². The summed E-state index contributed by atoms with van der Waals surface area (Å²) in [7, 11) is 0. The number of thiophene rings is 1. The van der Waals surface area contributed by atoms with Crippen molar-refractivity contribution < 1.29 is 18.4 Å². The SMILES string of the molecule is Cc1ccsc1C(=O)N1CCCN(C(=O)c2ccn(C(F)F)n2)CC1. The summed E-state index contributed by atoms with van der Waals surface area (Å²) in [4.78, 5) is 29.1. The largest absolute Gasteiger partial charge is 0.336 e. The van der Waals surface area contributed by atoms with E-state index in [0.717, 1.165) is 16.6 Å². The quantitative estimate of drug-likeness (QED) is 0.837. The number of carbonyl (C=O) groups excluding carboxylic acids is 2.